The second kappa shape index (κ2) is 8.50. The Morgan fingerprint density at radius 2 is 2.28 bits per heavy atom. The molecule has 1 aromatic heterocycles. The van der Waals surface area contributed by atoms with E-state index in [0.717, 1.165) is 19.4 Å². The fourth-order valence-corrected chi connectivity index (χ4v) is 3.37. The number of nitrogens with one attached hydrogen (secondary N) is 1. The summed E-state index contributed by atoms with van der Waals surface area (Å²) < 4.78 is 25.3. The van der Waals surface area contributed by atoms with Gasteiger partial charge in [-0.2, -0.15) is 0 Å². The highest BCUT2D eigenvalue weighted by atomic mass is 32.2. The molecule has 2 unspecified atom stereocenters. The van der Waals surface area contributed by atoms with Crippen LogP contribution in [0.2, 0.25) is 0 Å². The van der Waals surface area contributed by atoms with Crippen molar-refractivity contribution in [2.24, 2.45) is 0 Å². The highest BCUT2D eigenvalue weighted by Crippen LogP contribution is 2.19. The summed E-state index contributed by atoms with van der Waals surface area (Å²) in [7, 11) is 0. The van der Waals surface area contributed by atoms with Crippen LogP contribution in [0, 0.1) is 5.82 Å². The Hall–Kier alpha value is -1.84. The van der Waals surface area contributed by atoms with Gasteiger partial charge in [-0.25, -0.2) is 14.3 Å². The first-order chi connectivity index (χ1) is 12.1. The van der Waals surface area contributed by atoms with Crippen molar-refractivity contribution in [3.05, 3.63) is 40.6 Å². The van der Waals surface area contributed by atoms with Gasteiger partial charge in [-0.1, -0.05) is 11.8 Å². The minimum absolute atomic E-state index is 0.0291. The molecule has 1 fully saturated rings. The molecule has 0 spiro atoms. The molecule has 2 N–H and O–H groups in total. The molecule has 25 heavy (non-hydrogen) atoms. The summed E-state index contributed by atoms with van der Waals surface area (Å²) in [6.07, 6.45) is 1.20. The predicted octanol–water partition coefficient (Wildman–Crippen LogP) is 1.42. The summed E-state index contributed by atoms with van der Waals surface area (Å²) in [6, 6.07) is 5.60. The quantitative estimate of drug-likeness (QED) is 0.684. The first kappa shape index (κ1) is 18.0. The maximum atomic E-state index is 12.8. The van der Waals surface area contributed by atoms with E-state index in [9.17, 15) is 14.3 Å². The van der Waals surface area contributed by atoms with Crippen LogP contribution in [0.4, 0.5) is 4.39 Å². The van der Waals surface area contributed by atoms with Gasteiger partial charge in [0, 0.05) is 12.4 Å². The van der Waals surface area contributed by atoms with E-state index in [1.54, 1.807) is 0 Å². The van der Waals surface area contributed by atoms with Gasteiger partial charge in [-0.05, 0) is 37.1 Å². The maximum absolute atomic E-state index is 12.8. The average Bonchev–Trinajstić information content (AvgIpc) is 3.24. The van der Waals surface area contributed by atoms with Crippen molar-refractivity contribution in [2.45, 2.75) is 36.8 Å². The normalized spacial score (nSPS) is 18.4. The maximum Gasteiger partial charge on any atom is 0.344 e. The summed E-state index contributed by atoms with van der Waals surface area (Å²) in [5.74, 6) is 0.462. The third-order valence-corrected chi connectivity index (χ3v) is 4.92. The zero-order valence-corrected chi connectivity index (χ0v) is 14.4. The molecule has 1 aliphatic rings. The molecular weight excluding hydrogens is 349 g/mol. The highest BCUT2D eigenvalue weighted by molar-refractivity contribution is 7.99. The van der Waals surface area contributed by atoms with E-state index in [-0.39, 0.29) is 24.2 Å². The highest BCUT2D eigenvalue weighted by Gasteiger charge is 2.20. The summed E-state index contributed by atoms with van der Waals surface area (Å²) in [5, 5.41) is 17.0. The van der Waals surface area contributed by atoms with Crippen molar-refractivity contribution < 1.29 is 19.0 Å². The van der Waals surface area contributed by atoms with Crippen molar-refractivity contribution >= 4 is 11.8 Å². The number of aliphatic hydroxyl groups excluding tert-OH is 1. The van der Waals surface area contributed by atoms with Gasteiger partial charge in [0.15, 0.2) is 5.16 Å². The summed E-state index contributed by atoms with van der Waals surface area (Å²) in [4.78, 5) is 11.9. The number of H-pyrrole nitrogens is 1. The lowest BCUT2D eigenvalue weighted by Gasteiger charge is -2.13. The van der Waals surface area contributed by atoms with E-state index in [1.807, 2.05) is 0 Å². The Morgan fingerprint density at radius 1 is 1.48 bits per heavy atom. The summed E-state index contributed by atoms with van der Waals surface area (Å²) in [6.45, 7) is 1.25. The number of halogens is 1. The molecule has 0 bridgehead atoms. The SMILES string of the molecule is O=c1[nH]nc(SCC(O)COc2ccc(F)cc2)n1CC1CCCO1. The van der Waals surface area contributed by atoms with Gasteiger partial charge in [-0.15, -0.1) is 5.10 Å². The molecule has 1 aromatic carbocycles. The van der Waals surface area contributed by atoms with Crippen LogP contribution in [0.5, 0.6) is 5.75 Å². The average molecular weight is 369 g/mol. The zero-order chi connectivity index (χ0) is 17.6. The molecule has 9 heteroatoms. The third-order valence-electron chi connectivity index (χ3n) is 3.79. The van der Waals surface area contributed by atoms with E-state index < -0.39 is 6.10 Å². The van der Waals surface area contributed by atoms with Gasteiger partial charge in [0.2, 0.25) is 0 Å². The minimum Gasteiger partial charge on any atom is -0.491 e. The number of aromatic nitrogens is 3. The standard InChI is InChI=1S/C16H20FN3O4S/c17-11-3-5-13(6-4-11)24-9-12(21)10-25-16-19-18-15(22)20(16)8-14-2-1-7-23-14/h3-6,12,14,21H,1-2,7-10H2,(H,18,22). The lowest BCUT2D eigenvalue weighted by Crippen LogP contribution is -2.25. The Balaban J connectivity index is 1.49. The summed E-state index contributed by atoms with van der Waals surface area (Å²) >= 11 is 1.27. The number of aliphatic hydroxyl groups is 1. The number of thioether (sulfide) groups is 1. The zero-order valence-electron chi connectivity index (χ0n) is 13.6. The van der Waals surface area contributed by atoms with Gasteiger partial charge >= 0.3 is 5.69 Å². The Kier molecular flexibility index (Phi) is 6.11. The second-order valence-corrected chi connectivity index (χ2v) is 6.77. The molecule has 136 valence electrons. The van der Waals surface area contributed by atoms with E-state index in [0.29, 0.717) is 23.2 Å². The van der Waals surface area contributed by atoms with E-state index in [4.69, 9.17) is 9.47 Å². The lowest BCUT2D eigenvalue weighted by molar-refractivity contribution is 0.0941. The smallest absolute Gasteiger partial charge is 0.344 e. The van der Waals surface area contributed by atoms with Crippen molar-refractivity contribution in [3.63, 3.8) is 0 Å². The second-order valence-electron chi connectivity index (χ2n) is 5.79. The molecule has 2 atom stereocenters. The number of benzene rings is 1. The Bertz CT molecular complexity index is 728. The van der Waals surface area contributed by atoms with Crippen LogP contribution in [0.15, 0.2) is 34.2 Å². The third kappa shape index (κ3) is 5.07. The van der Waals surface area contributed by atoms with Gasteiger partial charge in [-0.3, -0.25) is 4.57 Å². The molecule has 1 aliphatic heterocycles. The molecule has 7 nitrogen and oxygen atoms in total. The van der Waals surface area contributed by atoms with Crippen molar-refractivity contribution in [3.8, 4) is 5.75 Å². The Labute approximate surface area is 148 Å². The number of ether oxygens (including phenoxy) is 2. The molecule has 1 saturated heterocycles. The van der Waals surface area contributed by atoms with Gasteiger partial charge in [0.1, 0.15) is 18.2 Å². The molecule has 2 aromatic rings. The van der Waals surface area contributed by atoms with Crippen LogP contribution in [0.3, 0.4) is 0 Å². The molecule has 0 saturated carbocycles. The fourth-order valence-electron chi connectivity index (χ4n) is 2.51. The summed E-state index contributed by atoms with van der Waals surface area (Å²) in [5.41, 5.74) is -0.282. The van der Waals surface area contributed by atoms with Crippen LogP contribution in [0.25, 0.3) is 0 Å². The largest absolute Gasteiger partial charge is 0.491 e. The number of hydrogen-bond acceptors (Lipinski definition) is 6. The van der Waals surface area contributed by atoms with Gasteiger partial charge in [0.25, 0.3) is 0 Å². The molecule has 2 heterocycles. The van der Waals surface area contributed by atoms with Crippen LogP contribution in [0.1, 0.15) is 12.8 Å². The van der Waals surface area contributed by atoms with E-state index in [1.165, 1.54) is 40.6 Å². The van der Waals surface area contributed by atoms with E-state index >= 15 is 0 Å². The molecular formula is C16H20FN3O4S. The minimum atomic E-state index is -0.752. The first-order valence-corrected chi connectivity index (χ1v) is 9.06. The molecule has 0 aliphatic carbocycles. The van der Waals surface area contributed by atoms with Crippen molar-refractivity contribution in [1.82, 2.24) is 14.8 Å². The number of hydrogen-bond donors (Lipinski definition) is 2. The van der Waals surface area contributed by atoms with Crippen LogP contribution in [-0.4, -0.2) is 51.0 Å². The number of aromatic amines is 1. The monoisotopic (exact) mass is 369 g/mol. The number of nitrogens with zero attached hydrogens (tertiary/aromatic N) is 2. The van der Waals surface area contributed by atoms with Crippen molar-refractivity contribution in [1.29, 1.82) is 0 Å². The van der Waals surface area contributed by atoms with Crippen molar-refractivity contribution in [2.75, 3.05) is 19.0 Å². The molecule has 3 rings (SSSR count). The lowest BCUT2D eigenvalue weighted by atomic mass is 10.2. The van der Waals surface area contributed by atoms with Crippen LogP contribution >= 0.6 is 11.8 Å². The van der Waals surface area contributed by atoms with Gasteiger partial charge in [0.05, 0.1) is 18.8 Å². The fraction of sp³-hybridized carbons (Fsp3) is 0.500. The van der Waals surface area contributed by atoms with Crippen LogP contribution < -0.4 is 10.4 Å². The molecule has 0 radical (unpaired) electrons. The van der Waals surface area contributed by atoms with Crippen LogP contribution in [-0.2, 0) is 11.3 Å². The first-order valence-electron chi connectivity index (χ1n) is 8.08. The number of rotatable bonds is 8. The molecule has 0 amide bonds. The predicted molar refractivity (Wildman–Crippen MR) is 90.4 cm³/mol. The Morgan fingerprint density at radius 3 is 3.00 bits per heavy atom. The van der Waals surface area contributed by atoms with E-state index in [2.05, 4.69) is 10.2 Å². The van der Waals surface area contributed by atoms with Gasteiger partial charge < -0.3 is 14.6 Å². The topological polar surface area (TPSA) is 89.4 Å².